The first-order chi connectivity index (χ1) is 7.49. The third kappa shape index (κ3) is 2.41. The highest BCUT2D eigenvalue weighted by Gasteiger charge is 2.30. The summed E-state index contributed by atoms with van der Waals surface area (Å²) >= 11 is 3.63. The molecule has 0 saturated carbocycles. The summed E-state index contributed by atoms with van der Waals surface area (Å²) in [5.74, 6) is 0. The Morgan fingerprint density at radius 2 is 2.06 bits per heavy atom. The van der Waals surface area contributed by atoms with Crippen LogP contribution >= 0.6 is 15.9 Å². The van der Waals surface area contributed by atoms with Gasteiger partial charge >= 0.3 is 0 Å². The number of anilines is 1. The average Bonchev–Trinajstić information content (AvgIpc) is 2.23. The molecule has 1 aliphatic rings. The first-order valence-corrected chi connectivity index (χ1v) is 6.55. The van der Waals surface area contributed by atoms with E-state index >= 15 is 0 Å². The van der Waals surface area contributed by atoms with Crippen LogP contribution in [0.15, 0.2) is 28.7 Å². The maximum Gasteiger partial charge on any atom is 0.0514 e. The van der Waals surface area contributed by atoms with Crippen LogP contribution in [0.4, 0.5) is 5.69 Å². The average molecular weight is 283 g/mol. The minimum absolute atomic E-state index is 0.182. The van der Waals surface area contributed by atoms with Crippen LogP contribution in [0.2, 0.25) is 0 Å². The van der Waals surface area contributed by atoms with Gasteiger partial charge in [0.05, 0.1) is 5.69 Å². The highest BCUT2D eigenvalue weighted by molar-refractivity contribution is 9.10. The van der Waals surface area contributed by atoms with E-state index in [1.54, 1.807) is 0 Å². The van der Waals surface area contributed by atoms with Crippen molar-refractivity contribution in [1.82, 2.24) is 5.32 Å². The Kier molecular flexibility index (Phi) is 3.27. The van der Waals surface area contributed by atoms with Crippen LogP contribution < -0.4 is 10.2 Å². The minimum Gasteiger partial charge on any atom is -0.365 e. The topological polar surface area (TPSA) is 15.3 Å². The van der Waals surface area contributed by atoms with Crippen LogP contribution in [0, 0.1) is 0 Å². The lowest BCUT2D eigenvalue weighted by atomic mass is 9.98. The van der Waals surface area contributed by atoms with Crippen molar-refractivity contribution in [2.75, 3.05) is 18.0 Å². The molecule has 3 heteroatoms. The number of hydrogen-bond donors (Lipinski definition) is 1. The Morgan fingerprint density at radius 3 is 2.75 bits per heavy atom. The maximum absolute atomic E-state index is 3.63. The molecule has 88 valence electrons. The molecule has 0 radical (unpaired) electrons. The van der Waals surface area contributed by atoms with Crippen LogP contribution in [-0.2, 0) is 0 Å². The predicted molar refractivity (Wildman–Crippen MR) is 73.0 cm³/mol. The second-order valence-corrected chi connectivity index (χ2v) is 6.05. The van der Waals surface area contributed by atoms with Gasteiger partial charge in [-0.1, -0.05) is 12.1 Å². The molecule has 1 aromatic carbocycles. The van der Waals surface area contributed by atoms with Gasteiger partial charge in [-0.2, -0.15) is 0 Å². The Balaban J connectivity index is 2.28. The SMILES string of the molecule is CC1CNC(C)(C)CN1c1ccccc1Br. The lowest BCUT2D eigenvalue weighted by molar-refractivity contribution is 0.318. The van der Waals surface area contributed by atoms with Crippen LogP contribution in [0.1, 0.15) is 20.8 Å². The van der Waals surface area contributed by atoms with Gasteiger partial charge in [0.1, 0.15) is 0 Å². The van der Waals surface area contributed by atoms with Crippen molar-refractivity contribution in [3.05, 3.63) is 28.7 Å². The molecule has 16 heavy (non-hydrogen) atoms. The summed E-state index contributed by atoms with van der Waals surface area (Å²) < 4.78 is 1.18. The fourth-order valence-corrected chi connectivity index (χ4v) is 2.69. The van der Waals surface area contributed by atoms with Crippen LogP contribution in [0.25, 0.3) is 0 Å². The summed E-state index contributed by atoms with van der Waals surface area (Å²) in [7, 11) is 0. The molecule has 0 amide bonds. The van der Waals surface area contributed by atoms with Gasteiger partial charge in [-0.3, -0.25) is 0 Å². The molecule has 1 heterocycles. The first kappa shape index (κ1) is 11.9. The number of piperazine rings is 1. The largest absolute Gasteiger partial charge is 0.365 e. The smallest absolute Gasteiger partial charge is 0.0514 e. The monoisotopic (exact) mass is 282 g/mol. The Morgan fingerprint density at radius 1 is 1.38 bits per heavy atom. The summed E-state index contributed by atoms with van der Waals surface area (Å²) in [5.41, 5.74) is 1.48. The summed E-state index contributed by atoms with van der Waals surface area (Å²) in [6, 6.07) is 8.98. The van der Waals surface area contributed by atoms with Crippen LogP contribution in [-0.4, -0.2) is 24.7 Å². The molecule has 1 atom stereocenters. The number of nitrogens with zero attached hydrogens (tertiary/aromatic N) is 1. The van der Waals surface area contributed by atoms with Gasteiger partial charge in [-0.15, -0.1) is 0 Å². The Hall–Kier alpha value is -0.540. The number of benzene rings is 1. The van der Waals surface area contributed by atoms with Gasteiger partial charge < -0.3 is 10.2 Å². The van der Waals surface area contributed by atoms with E-state index in [0.29, 0.717) is 6.04 Å². The fourth-order valence-electron chi connectivity index (χ4n) is 2.18. The van der Waals surface area contributed by atoms with Crippen molar-refractivity contribution in [3.8, 4) is 0 Å². The molecule has 1 unspecified atom stereocenters. The van der Waals surface area contributed by atoms with Crippen LogP contribution in [0.3, 0.4) is 0 Å². The zero-order valence-corrected chi connectivity index (χ0v) is 11.7. The predicted octanol–water partition coefficient (Wildman–Crippen LogP) is 3.03. The number of nitrogens with one attached hydrogen (secondary N) is 1. The molecule has 1 fully saturated rings. The highest BCUT2D eigenvalue weighted by Crippen LogP contribution is 2.30. The molecular formula is C13H19BrN2. The van der Waals surface area contributed by atoms with Gasteiger partial charge in [0, 0.05) is 29.1 Å². The molecule has 0 aliphatic carbocycles. The van der Waals surface area contributed by atoms with E-state index in [9.17, 15) is 0 Å². The summed E-state index contributed by atoms with van der Waals surface area (Å²) in [6.07, 6.45) is 0. The van der Waals surface area contributed by atoms with E-state index < -0.39 is 0 Å². The van der Waals surface area contributed by atoms with Crippen molar-refractivity contribution in [2.24, 2.45) is 0 Å². The van der Waals surface area contributed by atoms with E-state index in [0.717, 1.165) is 13.1 Å². The Bertz CT molecular complexity index is 376. The molecule has 0 aromatic heterocycles. The molecule has 0 spiro atoms. The number of halogens is 1. The summed E-state index contributed by atoms with van der Waals surface area (Å²) in [6.45, 7) is 8.85. The summed E-state index contributed by atoms with van der Waals surface area (Å²) in [4.78, 5) is 2.47. The van der Waals surface area contributed by atoms with E-state index in [1.807, 2.05) is 0 Å². The zero-order valence-electron chi connectivity index (χ0n) is 10.1. The second kappa shape index (κ2) is 4.38. The number of para-hydroxylation sites is 1. The zero-order chi connectivity index (χ0) is 11.8. The van der Waals surface area contributed by atoms with Gasteiger partial charge in [0.2, 0.25) is 0 Å². The molecule has 1 aliphatic heterocycles. The normalized spacial score (nSPS) is 24.5. The van der Waals surface area contributed by atoms with Gasteiger partial charge in [0.25, 0.3) is 0 Å². The number of rotatable bonds is 1. The molecule has 2 rings (SSSR count). The molecular weight excluding hydrogens is 264 g/mol. The lowest BCUT2D eigenvalue weighted by Crippen LogP contribution is -2.61. The van der Waals surface area contributed by atoms with Gasteiger partial charge in [0.15, 0.2) is 0 Å². The molecule has 0 bridgehead atoms. The molecule has 1 saturated heterocycles. The van der Waals surface area contributed by atoms with Crippen molar-refractivity contribution < 1.29 is 0 Å². The van der Waals surface area contributed by atoms with E-state index in [2.05, 4.69) is 71.2 Å². The standard InChI is InChI=1S/C13H19BrN2/c1-10-8-15-13(2,3)9-16(10)12-7-5-4-6-11(12)14/h4-7,10,15H,8-9H2,1-3H3. The van der Waals surface area contributed by atoms with Crippen LogP contribution in [0.5, 0.6) is 0 Å². The number of hydrogen-bond acceptors (Lipinski definition) is 2. The van der Waals surface area contributed by atoms with Crippen molar-refractivity contribution >= 4 is 21.6 Å². The third-order valence-corrected chi connectivity index (χ3v) is 3.81. The summed E-state index contributed by atoms with van der Waals surface area (Å²) in [5, 5.41) is 3.57. The molecule has 2 nitrogen and oxygen atoms in total. The second-order valence-electron chi connectivity index (χ2n) is 5.19. The van der Waals surface area contributed by atoms with Gasteiger partial charge in [-0.05, 0) is 48.8 Å². The van der Waals surface area contributed by atoms with E-state index in [-0.39, 0.29) is 5.54 Å². The van der Waals surface area contributed by atoms with Gasteiger partial charge in [-0.25, -0.2) is 0 Å². The lowest BCUT2D eigenvalue weighted by Gasteiger charge is -2.45. The fraction of sp³-hybridized carbons (Fsp3) is 0.538. The van der Waals surface area contributed by atoms with E-state index in [4.69, 9.17) is 0 Å². The van der Waals surface area contributed by atoms with Crippen molar-refractivity contribution in [1.29, 1.82) is 0 Å². The van der Waals surface area contributed by atoms with Crippen molar-refractivity contribution in [3.63, 3.8) is 0 Å². The first-order valence-electron chi connectivity index (χ1n) is 5.76. The molecule has 1 N–H and O–H groups in total. The van der Waals surface area contributed by atoms with Crippen molar-refractivity contribution in [2.45, 2.75) is 32.4 Å². The maximum atomic E-state index is 3.63. The minimum atomic E-state index is 0.182. The van der Waals surface area contributed by atoms with E-state index in [1.165, 1.54) is 10.2 Å². The Labute approximate surface area is 106 Å². The molecule has 1 aromatic rings. The third-order valence-electron chi connectivity index (χ3n) is 3.14. The quantitative estimate of drug-likeness (QED) is 0.852. The highest BCUT2D eigenvalue weighted by atomic mass is 79.9.